The molecule has 0 amide bonds. The molecule has 1 atom stereocenters. The third-order valence-electron chi connectivity index (χ3n) is 2.88. The van der Waals surface area contributed by atoms with E-state index < -0.39 is 0 Å². The van der Waals surface area contributed by atoms with Gasteiger partial charge in [0.05, 0.1) is 13.2 Å². The molecule has 0 radical (unpaired) electrons. The highest BCUT2D eigenvalue weighted by atomic mass is 79.9. The van der Waals surface area contributed by atoms with Gasteiger partial charge in [-0.15, -0.1) is 0 Å². The maximum absolute atomic E-state index is 5.68. The molecule has 1 aromatic rings. The fraction of sp³-hybridized carbons (Fsp3) is 0.538. The van der Waals surface area contributed by atoms with Crippen LogP contribution in [0.4, 0.5) is 0 Å². The molecule has 0 saturated heterocycles. The minimum atomic E-state index is 0.344. The summed E-state index contributed by atoms with van der Waals surface area (Å²) in [5, 5.41) is 3.43. The molecule has 1 N–H and O–H groups in total. The molecule has 0 spiro atoms. The van der Waals surface area contributed by atoms with Gasteiger partial charge in [-0.05, 0) is 24.6 Å². The van der Waals surface area contributed by atoms with E-state index in [1.54, 1.807) is 7.11 Å². The van der Waals surface area contributed by atoms with Gasteiger partial charge in [0.1, 0.15) is 5.75 Å². The highest BCUT2D eigenvalue weighted by molar-refractivity contribution is 9.10. The SMILES string of the molecule is COCC(C)NCc1cc(Br)cc2c1OCC2. The molecule has 0 fully saturated rings. The minimum absolute atomic E-state index is 0.344. The molecule has 94 valence electrons. The summed E-state index contributed by atoms with van der Waals surface area (Å²) in [6.07, 6.45) is 1.01. The summed E-state index contributed by atoms with van der Waals surface area (Å²) in [6.45, 7) is 4.44. The van der Waals surface area contributed by atoms with Crippen LogP contribution in [-0.4, -0.2) is 26.4 Å². The monoisotopic (exact) mass is 299 g/mol. The van der Waals surface area contributed by atoms with Crippen LogP contribution in [0.15, 0.2) is 16.6 Å². The number of ether oxygens (including phenoxy) is 2. The predicted octanol–water partition coefficient (Wildman–Crippen LogP) is 2.51. The number of hydrogen-bond acceptors (Lipinski definition) is 3. The molecule has 0 aliphatic carbocycles. The minimum Gasteiger partial charge on any atom is -0.493 e. The molecule has 17 heavy (non-hydrogen) atoms. The van der Waals surface area contributed by atoms with Crippen molar-refractivity contribution in [2.45, 2.75) is 25.9 Å². The first-order chi connectivity index (χ1) is 8.20. The van der Waals surface area contributed by atoms with Crippen LogP contribution >= 0.6 is 15.9 Å². The van der Waals surface area contributed by atoms with E-state index >= 15 is 0 Å². The third-order valence-corrected chi connectivity index (χ3v) is 3.34. The van der Waals surface area contributed by atoms with E-state index in [2.05, 4.69) is 40.3 Å². The Balaban J connectivity index is 2.05. The molecule has 1 heterocycles. The smallest absolute Gasteiger partial charge is 0.127 e. The second kappa shape index (κ2) is 5.85. The second-order valence-corrected chi connectivity index (χ2v) is 5.30. The lowest BCUT2D eigenvalue weighted by atomic mass is 10.1. The normalized spacial score (nSPS) is 15.5. The molecule has 1 unspecified atom stereocenters. The Morgan fingerprint density at radius 2 is 2.35 bits per heavy atom. The van der Waals surface area contributed by atoms with Gasteiger partial charge < -0.3 is 14.8 Å². The Morgan fingerprint density at radius 3 is 3.12 bits per heavy atom. The predicted molar refractivity (Wildman–Crippen MR) is 71.5 cm³/mol. The van der Waals surface area contributed by atoms with E-state index in [1.165, 1.54) is 11.1 Å². The molecule has 1 aliphatic heterocycles. The van der Waals surface area contributed by atoms with Crippen LogP contribution in [0.2, 0.25) is 0 Å². The van der Waals surface area contributed by atoms with Gasteiger partial charge >= 0.3 is 0 Å². The highest BCUT2D eigenvalue weighted by Gasteiger charge is 2.17. The van der Waals surface area contributed by atoms with Crippen molar-refractivity contribution in [3.05, 3.63) is 27.7 Å². The Bertz CT molecular complexity index is 395. The maximum Gasteiger partial charge on any atom is 0.127 e. The van der Waals surface area contributed by atoms with Crippen molar-refractivity contribution in [2.75, 3.05) is 20.3 Å². The van der Waals surface area contributed by atoms with Crippen LogP contribution in [-0.2, 0) is 17.7 Å². The first-order valence-electron chi connectivity index (χ1n) is 5.87. The average Bonchev–Trinajstić information content (AvgIpc) is 2.74. The van der Waals surface area contributed by atoms with Crippen LogP contribution in [0.5, 0.6) is 5.75 Å². The zero-order chi connectivity index (χ0) is 12.3. The topological polar surface area (TPSA) is 30.5 Å². The van der Waals surface area contributed by atoms with E-state index in [9.17, 15) is 0 Å². The first kappa shape index (κ1) is 12.9. The molecule has 0 aromatic heterocycles. The lowest BCUT2D eigenvalue weighted by Gasteiger charge is -2.14. The van der Waals surface area contributed by atoms with E-state index in [0.29, 0.717) is 6.04 Å². The Morgan fingerprint density at radius 1 is 1.53 bits per heavy atom. The Labute approximate surface area is 111 Å². The number of nitrogens with one attached hydrogen (secondary N) is 1. The van der Waals surface area contributed by atoms with Crippen molar-refractivity contribution >= 4 is 15.9 Å². The Hall–Kier alpha value is -0.580. The van der Waals surface area contributed by atoms with Gasteiger partial charge in [-0.2, -0.15) is 0 Å². The van der Waals surface area contributed by atoms with Crippen molar-refractivity contribution in [2.24, 2.45) is 0 Å². The molecular weight excluding hydrogens is 282 g/mol. The van der Waals surface area contributed by atoms with E-state index in [4.69, 9.17) is 9.47 Å². The quantitative estimate of drug-likeness (QED) is 0.906. The zero-order valence-electron chi connectivity index (χ0n) is 10.3. The number of methoxy groups -OCH3 is 1. The number of benzene rings is 1. The van der Waals surface area contributed by atoms with Gasteiger partial charge in [0.25, 0.3) is 0 Å². The van der Waals surface area contributed by atoms with Crippen molar-refractivity contribution in [3.8, 4) is 5.75 Å². The largest absolute Gasteiger partial charge is 0.493 e. The summed E-state index contributed by atoms with van der Waals surface area (Å²) >= 11 is 3.55. The summed E-state index contributed by atoms with van der Waals surface area (Å²) < 4.78 is 11.9. The molecule has 2 rings (SSSR count). The fourth-order valence-corrected chi connectivity index (χ4v) is 2.62. The average molecular weight is 300 g/mol. The van der Waals surface area contributed by atoms with E-state index in [-0.39, 0.29) is 0 Å². The molecular formula is C13H18BrNO2. The van der Waals surface area contributed by atoms with Gasteiger partial charge in [0.15, 0.2) is 0 Å². The second-order valence-electron chi connectivity index (χ2n) is 4.39. The number of rotatable bonds is 5. The lowest BCUT2D eigenvalue weighted by Crippen LogP contribution is -2.29. The molecule has 1 aliphatic rings. The van der Waals surface area contributed by atoms with Crippen LogP contribution in [0.1, 0.15) is 18.1 Å². The number of hydrogen-bond donors (Lipinski definition) is 1. The highest BCUT2D eigenvalue weighted by Crippen LogP contribution is 2.32. The third kappa shape index (κ3) is 3.21. The maximum atomic E-state index is 5.68. The van der Waals surface area contributed by atoms with Gasteiger partial charge in [-0.3, -0.25) is 0 Å². The lowest BCUT2D eigenvalue weighted by molar-refractivity contribution is 0.171. The summed E-state index contributed by atoms with van der Waals surface area (Å²) in [5.41, 5.74) is 2.52. The van der Waals surface area contributed by atoms with Gasteiger partial charge in [0, 0.05) is 36.2 Å². The van der Waals surface area contributed by atoms with Crippen LogP contribution in [0.25, 0.3) is 0 Å². The van der Waals surface area contributed by atoms with Crippen molar-refractivity contribution in [1.29, 1.82) is 0 Å². The molecule has 0 saturated carbocycles. The zero-order valence-corrected chi connectivity index (χ0v) is 11.8. The standard InChI is InChI=1S/C13H18BrNO2/c1-9(8-16-2)15-7-11-6-12(14)5-10-3-4-17-13(10)11/h5-6,9,15H,3-4,7-8H2,1-2H3. The summed E-state index contributed by atoms with van der Waals surface area (Å²) in [6, 6.07) is 4.61. The summed E-state index contributed by atoms with van der Waals surface area (Å²) in [5.74, 6) is 1.06. The molecule has 3 nitrogen and oxygen atoms in total. The first-order valence-corrected chi connectivity index (χ1v) is 6.66. The molecule has 4 heteroatoms. The summed E-state index contributed by atoms with van der Waals surface area (Å²) in [4.78, 5) is 0. The van der Waals surface area contributed by atoms with Crippen molar-refractivity contribution in [1.82, 2.24) is 5.32 Å². The van der Waals surface area contributed by atoms with Crippen molar-refractivity contribution in [3.63, 3.8) is 0 Å². The Kier molecular flexibility index (Phi) is 4.42. The van der Waals surface area contributed by atoms with Gasteiger partial charge in [0.2, 0.25) is 0 Å². The fourth-order valence-electron chi connectivity index (χ4n) is 2.07. The number of halogens is 1. The van der Waals surface area contributed by atoms with Gasteiger partial charge in [-0.1, -0.05) is 15.9 Å². The van der Waals surface area contributed by atoms with Crippen LogP contribution in [0, 0.1) is 0 Å². The molecule has 1 aromatic carbocycles. The molecule has 0 bridgehead atoms. The van der Waals surface area contributed by atoms with Crippen LogP contribution in [0.3, 0.4) is 0 Å². The van der Waals surface area contributed by atoms with E-state index in [0.717, 1.165) is 36.4 Å². The number of fused-ring (bicyclic) bond motifs is 1. The van der Waals surface area contributed by atoms with Gasteiger partial charge in [-0.25, -0.2) is 0 Å². The van der Waals surface area contributed by atoms with Crippen LogP contribution < -0.4 is 10.1 Å². The summed E-state index contributed by atoms with van der Waals surface area (Å²) in [7, 11) is 1.72. The van der Waals surface area contributed by atoms with Crippen molar-refractivity contribution < 1.29 is 9.47 Å². The van der Waals surface area contributed by atoms with E-state index in [1.807, 2.05) is 0 Å².